The second-order valence-electron chi connectivity index (χ2n) is 40.9. The Morgan fingerprint density at radius 1 is 0.130 bits per heavy atom. The molecule has 40 nitrogen and oxygen atoms in total. The van der Waals surface area contributed by atoms with Gasteiger partial charge in [0.15, 0.2) is 0 Å². The van der Waals surface area contributed by atoms with Gasteiger partial charge in [0.2, 0.25) is 0 Å². The van der Waals surface area contributed by atoms with E-state index in [1.807, 2.05) is 66.8 Å². The molecule has 0 aliphatic heterocycles. The molecular formula is C98H119O40-5. The van der Waals surface area contributed by atoms with Crippen molar-refractivity contribution in [2.75, 3.05) is 0 Å². The van der Waals surface area contributed by atoms with Gasteiger partial charge in [0.05, 0.1) is 88.8 Å². The van der Waals surface area contributed by atoms with Crippen molar-refractivity contribution in [3.8, 4) is 0 Å². The van der Waals surface area contributed by atoms with Crippen molar-refractivity contribution >= 4 is 119 Å². The average Bonchev–Trinajstić information content (AvgIpc) is 1.64. The van der Waals surface area contributed by atoms with E-state index in [0.29, 0.717) is 12.8 Å². The van der Waals surface area contributed by atoms with Crippen molar-refractivity contribution in [2.24, 2.45) is 237 Å². The van der Waals surface area contributed by atoms with Crippen LogP contribution in [0.25, 0.3) is 0 Å². The highest BCUT2D eigenvalue weighted by Crippen LogP contribution is 2.56. The van der Waals surface area contributed by atoms with Gasteiger partial charge >= 0.3 is 89.5 Å². The first-order valence-corrected chi connectivity index (χ1v) is 47.7. The third-order valence-electron chi connectivity index (χ3n) is 34.4. The minimum atomic E-state index is -1.23. The predicted molar refractivity (Wildman–Crippen MR) is 454 cm³/mol. The molecule has 32 unspecified atom stereocenters. The van der Waals surface area contributed by atoms with Crippen molar-refractivity contribution in [3.05, 3.63) is 72.9 Å². The molecule has 18 fully saturated rings. The summed E-state index contributed by atoms with van der Waals surface area (Å²) >= 11 is 0. The van der Waals surface area contributed by atoms with E-state index in [4.69, 9.17) is 76.6 Å². The zero-order valence-electron chi connectivity index (χ0n) is 75.3. The number of carbonyl (C=O) groups is 20. The number of carbonyl (C=O) groups excluding carboxylic acids is 5. The highest BCUT2D eigenvalue weighted by molar-refractivity contribution is 5.88. The summed E-state index contributed by atoms with van der Waals surface area (Å²) in [4.78, 5) is 218. The first-order valence-electron chi connectivity index (χ1n) is 47.7. The van der Waals surface area contributed by atoms with Crippen LogP contribution in [0.15, 0.2) is 72.9 Å². The van der Waals surface area contributed by atoms with Crippen LogP contribution in [0, 0.1) is 237 Å². The summed E-state index contributed by atoms with van der Waals surface area (Å²) in [5, 5.41) is 189. The van der Waals surface area contributed by atoms with Crippen LogP contribution < -0.4 is 25.5 Å². The van der Waals surface area contributed by atoms with Crippen molar-refractivity contribution in [1.82, 2.24) is 0 Å². The van der Waals surface area contributed by atoms with Gasteiger partial charge in [-0.25, -0.2) is 0 Å². The lowest BCUT2D eigenvalue weighted by Gasteiger charge is -2.47. The number of carboxylic acid groups (broad SMARTS) is 20. The molecule has 0 aromatic heterocycles. The van der Waals surface area contributed by atoms with Crippen LogP contribution >= 0.6 is 0 Å². The summed E-state index contributed by atoms with van der Waals surface area (Å²) < 4.78 is 0. The minimum Gasteiger partial charge on any atom is -0.550 e. The summed E-state index contributed by atoms with van der Waals surface area (Å²) in [6.45, 7) is 0. The van der Waals surface area contributed by atoms with Crippen molar-refractivity contribution < 1.29 is 198 Å². The van der Waals surface area contributed by atoms with E-state index in [-0.39, 0.29) is 118 Å². The summed E-state index contributed by atoms with van der Waals surface area (Å²) in [6.07, 6.45) is 43.8. The Labute approximate surface area is 790 Å². The SMILES string of the molecule is O=C(O)C1C2C=CC(C2)C1C(=O)O.O=C(O)C1C2C=CC(CC2)C1C(=O)O.O=C(O)C1C2C=CC(CC2)C1C(=O)O.O=C(O)C1C2CCC(CC2)C1C(=O)O.O=C(O)C1C2CCC(CC2)C1C(=O)O.O=C([O-])C1C2C=CC(C2)C1C(=O)O.O=C([O-])C1C2C=CC(CC2)C1C(=O)O.O=C([O-])C1C2C=CC(CC2)C1C(=O)O.O=C([O-])C1C2CCC(CC2)C1C(=O)O.O=C([O-])C1C2CCC(CC2)C1C(=O)O. The smallest absolute Gasteiger partial charge is 0.307 e. The van der Waals surface area contributed by atoms with E-state index in [1.54, 1.807) is 6.08 Å². The first-order chi connectivity index (χ1) is 65.1. The molecule has 0 radical (unpaired) electrons. The number of fused-ring (bicyclic) bond motifs is 24. The van der Waals surface area contributed by atoms with Gasteiger partial charge in [0.25, 0.3) is 0 Å². The number of aliphatic carboxylic acids is 20. The first kappa shape index (κ1) is 106. The third-order valence-corrected chi connectivity index (χ3v) is 34.4. The van der Waals surface area contributed by atoms with E-state index < -0.39 is 238 Å². The number of hydrogen-bond acceptors (Lipinski definition) is 25. The number of allylic oxidation sites excluding steroid dienone is 12. The van der Waals surface area contributed by atoms with Crippen LogP contribution in [0.1, 0.15) is 167 Å². The highest BCUT2D eigenvalue weighted by Gasteiger charge is 2.58. The zero-order chi connectivity index (χ0) is 102. The fourth-order valence-electron chi connectivity index (χ4n) is 28.2. The van der Waals surface area contributed by atoms with E-state index in [0.717, 1.165) is 154 Å². The van der Waals surface area contributed by atoms with Crippen molar-refractivity contribution in [1.29, 1.82) is 0 Å². The second kappa shape index (κ2) is 45.2. The molecule has 0 aromatic carbocycles. The van der Waals surface area contributed by atoms with Gasteiger partial charge in [0, 0.05) is 59.4 Å². The Morgan fingerprint density at radius 3 is 0.341 bits per heavy atom. The molecule has 28 rings (SSSR count). The summed E-state index contributed by atoms with van der Waals surface area (Å²) in [5.74, 6) is -35.9. The Balaban J connectivity index is 0.000000147. The molecule has 0 amide bonds. The van der Waals surface area contributed by atoms with E-state index >= 15 is 0 Å². The van der Waals surface area contributed by atoms with Crippen LogP contribution in [-0.4, -0.2) is 196 Å². The van der Waals surface area contributed by atoms with Gasteiger partial charge in [-0.05, 0) is 285 Å². The van der Waals surface area contributed by atoms with Crippen LogP contribution in [-0.2, 0) is 95.9 Å². The molecule has 0 saturated heterocycles. The molecule has 15 N–H and O–H groups in total. The molecule has 40 heteroatoms. The highest BCUT2D eigenvalue weighted by atomic mass is 16.4. The average molecular weight is 1940 g/mol. The van der Waals surface area contributed by atoms with Crippen LogP contribution in [0.2, 0.25) is 0 Å². The van der Waals surface area contributed by atoms with Crippen LogP contribution in [0.3, 0.4) is 0 Å². The summed E-state index contributed by atoms with van der Waals surface area (Å²) in [5.41, 5.74) is 0. The Bertz CT molecular complexity index is 4020. The van der Waals surface area contributed by atoms with Gasteiger partial charge in [-0.3, -0.25) is 71.9 Å². The molecule has 756 valence electrons. The quantitative estimate of drug-likeness (QED) is 0.0778. The maximum atomic E-state index is 11.0. The molecule has 28 aliphatic carbocycles. The maximum Gasteiger partial charge on any atom is 0.307 e. The largest absolute Gasteiger partial charge is 0.550 e. The topological polar surface area (TPSA) is 760 Å². The fourth-order valence-corrected chi connectivity index (χ4v) is 28.2. The summed E-state index contributed by atoms with van der Waals surface area (Å²) in [7, 11) is 0. The Kier molecular flexibility index (Phi) is 34.8. The molecular weight excluding hydrogens is 1820 g/mol. The van der Waals surface area contributed by atoms with Gasteiger partial charge in [-0.2, -0.15) is 0 Å². The molecule has 20 bridgehead atoms. The Morgan fingerprint density at radius 2 is 0.225 bits per heavy atom. The third kappa shape index (κ3) is 22.9. The fraction of sp³-hybridized carbons (Fsp3) is 0.673. The Hall–Kier alpha value is -12.2. The second-order valence-corrected chi connectivity index (χ2v) is 40.9. The predicted octanol–water partition coefficient (Wildman–Crippen LogP) is 3.28. The molecule has 138 heavy (non-hydrogen) atoms. The normalized spacial score (nSPS) is 40.4. The van der Waals surface area contributed by atoms with Crippen molar-refractivity contribution in [3.63, 3.8) is 0 Å². The molecule has 0 heterocycles. The van der Waals surface area contributed by atoms with Gasteiger partial charge < -0.3 is 126 Å². The summed E-state index contributed by atoms with van der Waals surface area (Å²) in [6, 6.07) is 0. The molecule has 28 aliphatic rings. The minimum absolute atomic E-state index is 0.0334. The lowest BCUT2D eigenvalue weighted by Crippen LogP contribution is -2.51. The lowest BCUT2D eigenvalue weighted by molar-refractivity contribution is -0.319. The van der Waals surface area contributed by atoms with E-state index in [9.17, 15) is 121 Å². The van der Waals surface area contributed by atoms with E-state index in [2.05, 4.69) is 0 Å². The number of rotatable bonds is 20. The van der Waals surface area contributed by atoms with Crippen LogP contribution in [0.5, 0.6) is 0 Å². The van der Waals surface area contributed by atoms with Gasteiger partial charge in [-0.15, -0.1) is 0 Å². The maximum absolute atomic E-state index is 11.0. The molecule has 0 aromatic rings. The number of carboxylic acids is 20. The lowest BCUT2D eigenvalue weighted by atomic mass is 9.58. The van der Waals surface area contributed by atoms with Crippen LogP contribution in [0.4, 0.5) is 0 Å². The number of hydrogen-bond donors (Lipinski definition) is 15. The van der Waals surface area contributed by atoms with Crippen molar-refractivity contribution in [2.45, 2.75) is 167 Å². The van der Waals surface area contributed by atoms with Gasteiger partial charge in [-0.1, -0.05) is 72.9 Å². The van der Waals surface area contributed by atoms with E-state index in [1.165, 1.54) is 0 Å². The molecule has 32 atom stereocenters. The van der Waals surface area contributed by atoms with Gasteiger partial charge in [0.1, 0.15) is 0 Å². The standard InChI is InChI=1S/4C10H14O4.4C10H12O4.2C9H10O4/c8*11-9(12)7-5-1-2-6(4-3-5)8(7)10(13)14;2*10-8(11)6-4-1-2-5(3-4)7(6)9(12)13/h4*5-8H,1-4H2,(H,11,12)(H,13,14);4*1-2,5-8H,3-4H2,(H,11,12)(H,13,14);2*1-2,4-7H,3H2,(H,10,11)(H,12,13)/p-5. The monoisotopic (exact) mass is 1940 g/mol. The molecule has 0 spiro atoms. The zero-order valence-corrected chi connectivity index (χ0v) is 75.3. The molecule has 18 saturated carbocycles.